The Balaban J connectivity index is 0. The Morgan fingerprint density at radius 3 is 0.600 bits per heavy atom. The zero-order valence-electron chi connectivity index (χ0n) is 2.47. The van der Waals surface area contributed by atoms with Gasteiger partial charge in [0.15, 0.2) is 0 Å². The summed E-state index contributed by atoms with van der Waals surface area (Å²) in [5.41, 5.74) is 0. The smallest absolute Gasteiger partial charge is 0.693 e. The van der Waals surface area contributed by atoms with Crippen molar-refractivity contribution in [2.75, 3.05) is 0 Å². The summed E-state index contributed by atoms with van der Waals surface area (Å²) in [6, 6.07) is 0. The second-order valence-electron chi connectivity index (χ2n) is 0. The van der Waals surface area contributed by atoms with Crippen LogP contribution < -0.4 is 0 Å². The van der Waals surface area contributed by atoms with Crippen LogP contribution in [0.5, 0.6) is 0 Å². The van der Waals surface area contributed by atoms with Gasteiger partial charge in [0.2, 0.25) is 0 Å². The molecule has 0 saturated heterocycles. The van der Waals surface area contributed by atoms with E-state index >= 15 is 0 Å². The molecule has 0 unspecified atom stereocenters. The largest absolute Gasteiger partial charge is 2.00 e. The second-order valence-corrected chi connectivity index (χ2v) is 0. The first-order chi connectivity index (χ1) is 0. The van der Waals surface area contributed by atoms with Crippen LogP contribution in [-0.4, -0.2) is 11.0 Å². The number of nitrogens with two attached hydrogens (primary N) is 2. The molecule has 0 aliphatic heterocycles. The predicted molar refractivity (Wildman–Crippen MR) is 17.8 cm³/mol. The summed E-state index contributed by atoms with van der Waals surface area (Å²) >= 11 is 0. The minimum absolute atomic E-state index is 0. The zero-order chi connectivity index (χ0) is 0. The van der Waals surface area contributed by atoms with Crippen LogP contribution in [0.2, 0.25) is 0 Å². The van der Waals surface area contributed by atoms with Crippen LogP contribution in [0.25, 0.3) is 12.3 Å². The van der Waals surface area contributed by atoms with Gasteiger partial charge in [-0.1, -0.05) is 0 Å². The number of hydrogen-bond acceptors (Lipinski definition) is 0. The van der Waals surface area contributed by atoms with Crippen molar-refractivity contribution in [2.45, 2.75) is 0 Å². The fourth-order valence-corrected chi connectivity index (χ4v) is 0. The van der Waals surface area contributed by atoms with Crippen molar-refractivity contribution in [1.29, 1.82) is 0 Å². The van der Waals surface area contributed by atoms with Crippen molar-refractivity contribution in [3.05, 3.63) is 12.3 Å². The third kappa shape index (κ3) is 104. The van der Waals surface area contributed by atoms with E-state index in [0.29, 0.717) is 0 Å². The molecular formula is H8N2O2Pt. The molecule has 5 heteroatoms. The average Bonchev–Trinajstić information content (AvgIpc) is 0. The Bertz CT molecular complexity index is 7.61. The number of rotatable bonds is 0. The molecule has 0 aromatic heterocycles. The van der Waals surface area contributed by atoms with E-state index in [-0.39, 0.29) is 44.3 Å². The van der Waals surface area contributed by atoms with Crippen molar-refractivity contribution in [1.82, 2.24) is 0 Å². The Labute approximate surface area is 45.0 Å². The van der Waals surface area contributed by atoms with Gasteiger partial charge in [0.25, 0.3) is 0 Å². The fraction of sp³-hybridized carbons (Fsp3) is 0. The van der Waals surface area contributed by atoms with Crippen LogP contribution in [0.15, 0.2) is 0 Å². The minimum atomic E-state index is 0. The van der Waals surface area contributed by atoms with Crippen LogP contribution >= 0.6 is 0 Å². The predicted octanol–water partition coefficient (Wildman–Crippen LogP) is -0.218. The van der Waals surface area contributed by atoms with Crippen LogP contribution in [0.1, 0.15) is 0 Å². The summed E-state index contributed by atoms with van der Waals surface area (Å²) in [6.07, 6.45) is 0. The van der Waals surface area contributed by atoms with Crippen LogP contribution in [0, 0.1) is 0 Å². The Kier molecular flexibility index (Phi) is 16400. The summed E-state index contributed by atoms with van der Waals surface area (Å²) in [6.45, 7) is 0. The van der Waals surface area contributed by atoms with E-state index < -0.39 is 0 Å². The topological polar surface area (TPSA) is 130 Å². The maximum absolute atomic E-state index is 0. The van der Waals surface area contributed by atoms with Gasteiger partial charge in [0.1, 0.15) is 0 Å². The number of hydrogen-bond donors (Lipinski definition) is 0. The van der Waals surface area contributed by atoms with E-state index in [4.69, 9.17) is 0 Å². The van der Waals surface area contributed by atoms with Gasteiger partial charge in [-0.05, 0) is 0 Å². The first-order valence-electron chi connectivity index (χ1n) is 0. The monoisotopic (exact) mass is 263 g/mol. The van der Waals surface area contributed by atoms with E-state index in [9.17, 15) is 0 Å². The Morgan fingerprint density at radius 1 is 0.600 bits per heavy atom. The van der Waals surface area contributed by atoms with Crippen molar-refractivity contribution >= 4 is 0 Å². The maximum atomic E-state index is 0. The molecule has 0 aromatic carbocycles. The van der Waals surface area contributed by atoms with E-state index in [2.05, 4.69) is 0 Å². The van der Waals surface area contributed by atoms with Gasteiger partial charge in [0, 0.05) is 0 Å². The molecule has 0 amide bonds. The molecule has 8 N–H and O–H groups in total. The summed E-state index contributed by atoms with van der Waals surface area (Å²) in [7, 11) is 0. The molecular weight excluding hydrogens is 255 g/mol. The van der Waals surface area contributed by atoms with Crippen LogP contribution in [-0.2, 0) is 21.1 Å². The molecule has 0 spiro atoms. The van der Waals surface area contributed by atoms with Crippen molar-refractivity contribution in [3.63, 3.8) is 0 Å². The van der Waals surface area contributed by atoms with E-state index in [1.165, 1.54) is 0 Å². The van der Waals surface area contributed by atoms with Crippen molar-refractivity contribution in [3.8, 4) is 0 Å². The fourth-order valence-electron chi connectivity index (χ4n) is 0. The van der Waals surface area contributed by atoms with Gasteiger partial charge in [-0.3, -0.25) is 0 Å². The molecule has 0 rings (SSSR count). The van der Waals surface area contributed by atoms with Gasteiger partial charge >= 0.3 is 21.1 Å². The zero-order valence-corrected chi connectivity index (χ0v) is 4.74. The normalized spacial score (nSPS) is 0. The molecule has 0 aromatic rings. The van der Waals surface area contributed by atoms with Crippen LogP contribution in [0.3, 0.4) is 0 Å². The molecule has 0 aliphatic rings. The third-order valence-corrected chi connectivity index (χ3v) is 0. The van der Waals surface area contributed by atoms with Gasteiger partial charge in [-0.25, -0.2) is 0 Å². The van der Waals surface area contributed by atoms with Gasteiger partial charge in [-0.15, -0.1) is 0 Å². The molecule has 0 aliphatic carbocycles. The van der Waals surface area contributed by atoms with E-state index in [0.717, 1.165) is 0 Å². The third-order valence-electron chi connectivity index (χ3n) is 0. The summed E-state index contributed by atoms with van der Waals surface area (Å²) in [5.74, 6) is 0. The molecule has 0 heterocycles. The Hall–Kier alpha value is 0.528. The van der Waals surface area contributed by atoms with Crippen molar-refractivity contribution < 1.29 is 32.0 Å². The molecule has 0 saturated carbocycles. The first-order valence-corrected chi connectivity index (χ1v) is 0. The molecule has 40 valence electrons. The standard InChI is InChI=1S/2H2N.2H2O.Pt/h4*1H2;/q2*-1;;;+2. The first kappa shape index (κ1) is 406. The summed E-state index contributed by atoms with van der Waals surface area (Å²) in [4.78, 5) is 0. The summed E-state index contributed by atoms with van der Waals surface area (Å²) in [5, 5.41) is 0. The van der Waals surface area contributed by atoms with Crippen LogP contribution in [0.4, 0.5) is 0 Å². The molecule has 4 nitrogen and oxygen atoms in total. The van der Waals surface area contributed by atoms with Gasteiger partial charge in [0.05, 0.1) is 0 Å². The molecule has 0 atom stereocenters. The van der Waals surface area contributed by atoms with Gasteiger partial charge < -0.3 is 23.3 Å². The molecule has 0 radical (unpaired) electrons. The molecule has 5 heavy (non-hydrogen) atoms. The maximum Gasteiger partial charge on any atom is 2.00 e. The van der Waals surface area contributed by atoms with Gasteiger partial charge in [-0.2, -0.15) is 0 Å². The molecule has 0 bridgehead atoms. The quantitative estimate of drug-likeness (QED) is 0.572. The van der Waals surface area contributed by atoms with E-state index in [1.807, 2.05) is 0 Å². The van der Waals surface area contributed by atoms with Crippen molar-refractivity contribution in [2.24, 2.45) is 0 Å². The summed E-state index contributed by atoms with van der Waals surface area (Å²) < 4.78 is 0. The second kappa shape index (κ2) is 202. The average molecular weight is 263 g/mol. The minimum Gasteiger partial charge on any atom is -0.693 e. The Morgan fingerprint density at radius 2 is 0.600 bits per heavy atom. The molecule has 0 fully saturated rings. The SMILES string of the molecule is O.O.[NH2-].[NH2-].[Pt+2]. The van der Waals surface area contributed by atoms with E-state index in [1.54, 1.807) is 0 Å².